The van der Waals surface area contributed by atoms with Crippen LogP contribution in [0.3, 0.4) is 0 Å². The fraction of sp³-hybridized carbons (Fsp3) is 0.200. The van der Waals surface area contributed by atoms with Crippen LogP contribution in [0.15, 0.2) is 11.7 Å². The van der Waals surface area contributed by atoms with E-state index in [4.69, 9.17) is 11.5 Å². The number of nitrogens with one attached hydrogen (secondary N) is 1. The number of imidazole rings is 1. The molecule has 0 saturated carbocycles. The van der Waals surface area contributed by atoms with Crippen molar-refractivity contribution in [3.63, 3.8) is 0 Å². The van der Waals surface area contributed by atoms with E-state index in [-0.39, 0.29) is 6.04 Å². The number of fused-ring (bicyclic) bond motifs is 1. The summed E-state index contributed by atoms with van der Waals surface area (Å²) in [4.78, 5) is 19.8. The van der Waals surface area contributed by atoms with Crippen molar-refractivity contribution in [1.29, 1.82) is 0 Å². The van der Waals surface area contributed by atoms with Gasteiger partial charge in [0.15, 0.2) is 17.3 Å². The Labute approximate surface area is 106 Å². The van der Waals surface area contributed by atoms with Gasteiger partial charge in [-0.1, -0.05) is 0 Å². The summed E-state index contributed by atoms with van der Waals surface area (Å²) in [6.45, 7) is 1.89. The van der Waals surface area contributed by atoms with Crippen LogP contribution in [0.5, 0.6) is 0 Å². The number of hydrogen-bond acceptors (Lipinski definition) is 7. The number of aromatic amines is 1. The molecule has 0 aliphatic carbocycles. The Hall–Kier alpha value is -2.06. The molecule has 0 radical (unpaired) electrons. The molecule has 0 aliphatic heterocycles. The summed E-state index contributed by atoms with van der Waals surface area (Å²) in [5, 5.41) is 2.77. The van der Waals surface area contributed by atoms with Crippen LogP contribution in [0.2, 0.25) is 0 Å². The number of H-pyrrole nitrogens is 1. The molecule has 3 aromatic heterocycles. The Morgan fingerprint density at radius 1 is 1.33 bits per heavy atom. The van der Waals surface area contributed by atoms with Gasteiger partial charge in [-0.25, -0.2) is 19.9 Å². The number of nitrogen functional groups attached to an aromatic ring is 1. The Morgan fingerprint density at radius 2 is 2.17 bits per heavy atom. The zero-order chi connectivity index (χ0) is 12.7. The molecule has 1 unspecified atom stereocenters. The molecule has 3 aromatic rings. The molecule has 0 spiro atoms. The molecule has 0 aliphatic rings. The van der Waals surface area contributed by atoms with Crippen LogP contribution < -0.4 is 11.5 Å². The second-order valence-electron chi connectivity index (χ2n) is 3.90. The summed E-state index contributed by atoms with van der Waals surface area (Å²) in [5.74, 6) is 1.00. The Morgan fingerprint density at radius 3 is 2.83 bits per heavy atom. The third-order valence-electron chi connectivity index (χ3n) is 2.47. The van der Waals surface area contributed by atoms with Crippen LogP contribution in [0.25, 0.3) is 22.7 Å². The van der Waals surface area contributed by atoms with E-state index in [2.05, 4.69) is 24.9 Å². The van der Waals surface area contributed by atoms with Gasteiger partial charge in [-0.15, -0.1) is 11.3 Å². The van der Waals surface area contributed by atoms with Gasteiger partial charge in [0.1, 0.15) is 22.5 Å². The molecule has 0 saturated heterocycles. The van der Waals surface area contributed by atoms with Crippen molar-refractivity contribution in [2.24, 2.45) is 5.73 Å². The van der Waals surface area contributed by atoms with Crippen molar-refractivity contribution < 1.29 is 0 Å². The number of nitrogens with zero attached hydrogens (tertiary/aromatic N) is 4. The van der Waals surface area contributed by atoms with Crippen molar-refractivity contribution in [1.82, 2.24) is 24.9 Å². The van der Waals surface area contributed by atoms with Gasteiger partial charge in [0.05, 0.1) is 6.04 Å². The van der Waals surface area contributed by atoms with Gasteiger partial charge < -0.3 is 16.5 Å². The molecular formula is C10H11N7S. The molecule has 0 aromatic carbocycles. The summed E-state index contributed by atoms with van der Waals surface area (Å²) < 4.78 is 0. The standard InChI is InChI=1S/C10H11N7S/c1-4(11)10-15-5(2-18-10)8-16-6-7(12)13-3-14-9(6)17-8/h2-4H,11H2,1H3,(H3,12,13,14,16,17). The lowest BCUT2D eigenvalue weighted by atomic mass is 10.4. The van der Waals surface area contributed by atoms with E-state index in [1.165, 1.54) is 17.7 Å². The molecule has 3 heterocycles. The van der Waals surface area contributed by atoms with Crippen molar-refractivity contribution >= 4 is 28.3 Å². The highest BCUT2D eigenvalue weighted by molar-refractivity contribution is 7.10. The predicted molar refractivity (Wildman–Crippen MR) is 69.8 cm³/mol. The quantitative estimate of drug-likeness (QED) is 0.635. The van der Waals surface area contributed by atoms with E-state index in [9.17, 15) is 0 Å². The van der Waals surface area contributed by atoms with Crippen molar-refractivity contribution in [2.75, 3.05) is 5.73 Å². The minimum Gasteiger partial charge on any atom is -0.382 e. The zero-order valence-corrected chi connectivity index (χ0v) is 10.4. The van der Waals surface area contributed by atoms with Gasteiger partial charge in [-0.3, -0.25) is 0 Å². The smallest absolute Gasteiger partial charge is 0.183 e. The minimum atomic E-state index is -0.0852. The lowest BCUT2D eigenvalue weighted by Gasteiger charge is -1.96. The third-order valence-corrected chi connectivity index (χ3v) is 3.52. The van der Waals surface area contributed by atoms with Crippen LogP contribution in [-0.2, 0) is 0 Å². The monoisotopic (exact) mass is 261 g/mol. The normalized spacial score (nSPS) is 13.0. The van der Waals surface area contributed by atoms with Gasteiger partial charge in [0.2, 0.25) is 0 Å². The van der Waals surface area contributed by atoms with Crippen molar-refractivity contribution in [3.05, 3.63) is 16.7 Å². The van der Waals surface area contributed by atoms with Gasteiger partial charge in [0, 0.05) is 5.38 Å². The van der Waals surface area contributed by atoms with E-state index in [0.717, 1.165) is 10.7 Å². The SMILES string of the molecule is CC(N)c1nc(-c2nc3ncnc(N)c3[nH]2)cs1. The predicted octanol–water partition coefficient (Wildman–Crippen LogP) is 1.08. The summed E-state index contributed by atoms with van der Waals surface area (Å²) in [6, 6.07) is -0.0852. The van der Waals surface area contributed by atoms with Gasteiger partial charge in [0.25, 0.3) is 0 Å². The summed E-state index contributed by atoms with van der Waals surface area (Å²) in [5.41, 5.74) is 13.4. The fourth-order valence-electron chi connectivity index (χ4n) is 1.57. The minimum absolute atomic E-state index is 0.0852. The van der Waals surface area contributed by atoms with Gasteiger partial charge in [-0.2, -0.15) is 0 Å². The molecular weight excluding hydrogens is 250 g/mol. The maximum atomic E-state index is 5.78. The molecule has 8 heteroatoms. The largest absolute Gasteiger partial charge is 0.382 e. The first kappa shape index (κ1) is 11.1. The van der Waals surface area contributed by atoms with E-state index in [1.54, 1.807) is 0 Å². The van der Waals surface area contributed by atoms with E-state index >= 15 is 0 Å². The third kappa shape index (κ3) is 1.71. The summed E-state index contributed by atoms with van der Waals surface area (Å²) in [7, 11) is 0. The van der Waals surface area contributed by atoms with Crippen LogP contribution in [-0.4, -0.2) is 24.9 Å². The highest BCUT2D eigenvalue weighted by atomic mass is 32.1. The molecule has 7 nitrogen and oxygen atoms in total. The topological polar surface area (TPSA) is 119 Å². The Balaban J connectivity index is 2.10. The zero-order valence-electron chi connectivity index (χ0n) is 9.58. The number of hydrogen-bond donors (Lipinski definition) is 3. The highest BCUT2D eigenvalue weighted by Gasteiger charge is 2.13. The van der Waals surface area contributed by atoms with Gasteiger partial charge in [-0.05, 0) is 6.92 Å². The van der Waals surface area contributed by atoms with E-state index in [1.807, 2.05) is 12.3 Å². The second kappa shape index (κ2) is 4.00. The first-order chi connectivity index (χ1) is 8.65. The molecule has 0 fully saturated rings. The van der Waals surface area contributed by atoms with E-state index < -0.39 is 0 Å². The number of aromatic nitrogens is 5. The molecule has 92 valence electrons. The number of anilines is 1. The molecule has 0 bridgehead atoms. The van der Waals surface area contributed by atoms with Crippen LogP contribution in [0.1, 0.15) is 18.0 Å². The molecule has 1 atom stereocenters. The molecule has 5 N–H and O–H groups in total. The molecule has 0 amide bonds. The van der Waals surface area contributed by atoms with Crippen molar-refractivity contribution in [2.45, 2.75) is 13.0 Å². The maximum Gasteiger partial charge on any atom is 0.183 e. The lowest BCUT2D eigenvalue weighted by molar-refractivity contribution is 0.807. The van der Waals surface area contributed by atoms with Crippen LogP contribution >= 0.6 is 11.3 Å². The average molecular weight is 261 g/mol. The summed E-state index contributed by atoms with van der Waals surface area (Å²) >= 11 is 1.50. The fourth-order valence-corrected chi connectivity index (χ4v) is 2.34. The highest BCUT2D eigenvalue weighted by Crippen LogP contribution is 2.25. The van der Waals surface area contributed by atoms with Crippen LogP contribution in [0, 0.1) is 0 Å². The summed E-state index contributed by atoms with van der Waals surface area (Å²) in [6.07, 6.45) is 1.39. The van der Waals surface area contributed by atoms with E-state index in [0.29, 0.717) is 22.8 Å². The number of rotatable bonds is 2. The van der Waals surface area contributed by atoms with Crippen LogP contribution in [0.4, 0.5) is 5.82 Å². The first-order valence-electron chi connectivity index (χ1n) is 5.32. The average Bonchev–Trinajstić information content (AvgIpc) is 2.95. The Bertz CT molecular complexity index is 699. The lowest BCUT2D eigenvalue weighted by Crippen LogP contribution is -2.03. The maximum absolute atomic E-state index is 5.78. The molecule has 3 rings (SSSR count). The van der Waals surface area contributed by atoms with Crippen molar-refractivity contribution in [3.8, 4) is 11.5 Å². The number of nitrogens with two attached hydrogens (primary N) is 2. The van der Waals surface area contributed by atoms with Gasteiger partial charge >= 0.3 is 0 Å². The Kier molecular flexibility index (Phi) is 2.46. The molecule has 18 heavy (non-hydrogen) atoms. The second-order valence-corrected chi connectivity index (χ2v) is 4.79. The number of thiazole rings is 1. The first-order valence-corrected chi connectivity index (χ1v) is 6.20.